The number of nitrogens with zero attached hydrogens (tertiary/aromatic N) is 3. The van der Waals surface area contributed by atoms with E-state index in [4.69, 9.17) is 5.84 Å². The molecule has 0 aliphatic carbocycles. The van der Waals surface area contributed by atoms with Crippen LogP contribution in [0.5, 0.6) is 0 Å². The molecular weight excluding hydrogens is 252 g/mol. The van der Waals surface area contributed by atoms with Gasteiger partial charge in [0.1, 0.15) is 17.5 Å². The van der Waals surface area contributed by atoms with Gasteiger partial charge in [-0.05, 0) is 18.6 Å². The van der Waals surface area contributed by atoms with Crippen molar-refractivity contribution >= 4 is 11.6 Å². The lowest BCUT2D eigenvalue weighted by Crippen LogP contribution is -2.14. The van der Waals surface area contributed by atoms with E-state index in [0.29, 0.717) is 5.82 Å². The summed E-state index contributed by atoms with van der Waals surface area (Å²) in [4.78, 5) is 13.0. The van der Waals surface area contributed by atoms with Gasteiger partial charge in [0.2, 0.25) is 0 Å². The predicted molar refractivity (Wildman–Crippen MR) is 80.2 cm³/mol. The Morgan fingerprint density at radius 2 is 1.90 bits per heavy atom. The van der Waals surface area contributed by atoms with Gasteiger partial charge in [-0.3, -0.25) is 4.98 Å². The zero-order valence-electron chi connectivity index (χ0n) is 12.0. The van der Waals surface area contributed by atoms with Crippen LogP contribution >= 0.6 is 0 Å². The summed E-state index contributed by atoms with van der Waals surface area (Å²) in [5, 5.41) is 3.34. The van der Waals surface area contributed by atoms with Crippen LogP contribution in [-0.4, -0.2) is 15.0 Å². The first-order valence-corrected chi connectivity index (χ1v) is 6.62. The summed E-state index contributed by atoms with van der Waals surface area (Å²) in [5.41, 5.74) is 3.67. The zero-order valence-corrected chi connectivity index (χ0v) is 12.0. The highest BCUT2D eigenvalue weighted by molar-refractivity contribution is 5.48. The first kappa shape index (κ1) is 14.2. The van der Waals surface area contributed by atoms with Crippen molar-refractivity contribution in [1.29, 1.82) is 0 Å². The molecule has 0 spiro atoms. The number of hydrazine groups is 1. The number of hydrogen-bond donors (Lipinski definition) is 3. The molecule has 2 rings (SSSR count). The van der Waals surface area contributed by atoms with Crippen molar-refractivity contribution in [2.24, 2.45) is 5.84 Å². The normalized spacial score (nSPS) is 12.2. The van der Waals surface area contributed by atoms with Gasteiger partial charge in [-0.1, -0.05) is 19.9 Å². The Morgan fingerprint density at radius 3 is 2.50 bits per heavy atom. The molecule has 1 unspecified atom stereocenters. The molecule has 0 saturated heterocycles. The summed E-state index contributed by atoms with van der Waals surface area (Å²) < 4.78 is 0. The number of anilines is 2. The monoisotopic (exact) mass is 272 g/mol. The number of rotatable bonds is 5. The molecule has 6 nitrogen and oxygen atoms in total. The molecule has 0 aliphatic heterocycles. The first-order chi connectivity index (χ1) is 9.60. The van der Waals surface area contributed by atoms with Gasteiger partial charge in [-0.25, -0.2) is 15.8 Å². The third-order valence-electron chi connectivity index (χ3n) is 2.96. The molecule has 1 atom stereocenters. The summed E-state index contributed by atoms with van der Waals surface area (Å²) in [7, 11) is 0. The molecule has 2 aromatic rings. The van der Waals surface area contributed by atoms with Crippen LogP contribution in [0.4, 0.5) is 11.6 Å². The zero-order chi connectivity index (χ0) is 14.5. The molecule has 2 heterocycles. The largest absolute Gasteiger partial charge is 0.363 e. The van der Waals surface area contributed by atoms with Crippen LogP contribution in [-0.2, 0) is 0 Å². The summed E-state index contributed by atoms with van der Waals surface area (Å²) >= 11 is 0. The van der Waals surface area contributed by atoms with E-state index in [2.05, 4.69) is 32.6 Å². The average Bonchev–Trinajstić information content (AvgIpc) is 2.47. The van der Waals surface area contributed by atoms with E-state index in [9.17, 15) is 0 Å². The van der Waals surface area contributed by atoms with Crippen molar-refractivity contribution in [2.75, 3.05) is 10.7 Å². The Kier molecular flexibility index (Phi) is 4.47. The molecule has 0 bridgehead atoms. The Hall–Kier alpha value is -2.21. The molecule has 6 heteroatoms. The third-order valence-corrected chi connectivity index (χ3v) is 2.96. The van der Waals surface area contributed by atoms with Gasteiger partial charge >= 0.3 is 0 Å². The van der Waals surface area contributed by atoms with Gasteiger partial charge in [0.05, 0.1) is 6.04 Å². The molecule has 0 aliphatic rings. The maximum Gasteiger partial charge on any atom is 0.145 e. The molecule has 0 fully saturated rings. The maximum absolute atomic E-state index is 5.45. The number of nitrogen functional groups attached to an aromatic ring is 1. The minimum atomic E-state index is 0.101. The number of pyridine rings is 1. The van der Waals surface area contributed by atoms with E-state index in [-0.39, 0.29) is 12.0 Å². The molecule has 0 amide bonds. The van der Waals surface area contributed by atoms with Crippen molar-refractivity contribution in [3.63, 3.8) is 0 Å². The minimum absolute atomic E-state index is 0.101. The van der Waals surface area contributed by atoms with Gasteiger partial charge < -0.3 is 10.7 Å². The summed E-state index contributed by atoms with van der Waals surface area (Å²) in [6.07, 6.45) is 3.60. The highest BCUT2D eigenvalue weighted by Crippen LogP contribution is 2.21. The molecule has 20 heavy (non-hydrogen) atoms. The van der Waals surface area contributed by atoms with E-state index < -0.39 is 0 Å². The van der Waals surface area contributed by atoms with E-state index in [1.54, 1.807) is 12.3 Å². The molecule has 0 aromatic carbocycles. The van der Waals surface area contributed by atoms with Crippen LogP contribution in [0, 0.1) is 0 Å². The fourth-order valence-corrected chi connectivity index (χ4v) is 1.81. The highest BCUT2D eigenvalue weighted by atomic mass is 15.3. The van der Waals surface area contributed by atoms with Crippen molar-refractivity contribution in [3.8, 4) is 0 Å². The smallest absolute Gasteiger partial charge is 0.145 e. The second-order valence-electron chi connectivity index (χ2n) is 4.95. The van der Waals surface area contributed by atoms with Crippen molar-refractivity contribution in [1.82, 2.24) is 15.0 Å². The van der Waals surface area contributed by atoms with Crippen LogP contribution in [0.1, 0.15) is 44.1 Å². The SMILES string of the molecule is CC(C)c1nc(NN)cc(NC(C)c2cccnc2)n1. The van der Waals surface area contributed by atoms with Crippen molar-refractivity contribution in [3.05, 3.63) is 42.0 Å². The molecule has 2 aromatic heterocycles. The number of nitrogens with one attached hydrogen (secondary N) is 2. The van der Waals surface area contributed by atoms with Crippen molar-refractivity contribution in [2.45, 2.75) is 32.7 Å². The lowest BCUT2D eigenvalue weighted by Gasteiger charge is -2.16. The Labute approximate surface area is 118 Å². The lowest BCUT2D eigenvalue weighted by molar-refractivity contribution is 0.768. The predicted octanol–water partition coefficient (Wildman–Crippen LogP) is 2.45. The fourth-order valence-electron chi connectivity index (χ4n) is 1.81. The second kappa shape index (κ2) is 6.29. The highest BCUT2D eigenvalue weighted by Gasteiger charge is 2.10. The Balaban J connectivity index is 2.22. The molecule has 4 N–H and O–H groups in total. The topological polar surface area (TPSA) is 88.8 Å². The van der Waals surface area contributed by atoms with Gasteiger partial charge in [-0.15, -0.1) is 0 Å². The Bertz CT molecular complexity index is 555. The maximum atomic E-state index is 5.45. The first-order valence-electron chi connectivity index (χ1n) is 6.62. The van der Waals surface area contributed by atoms with Crippen LogP contribution in [0.3, 0.4) is 0 Å². The third kappa shape index (κ3) is 3.42. The van der Waals surface area contributed by atoms with Gasteiger partial charge in [0.25, 0.3) is 0 Å². The van der Waals surface area contributed by atoms with Crippen LogP contribution in [0.25, 0.3) is 0 Å². The van der Waals surface area contributed by atoms with Crippen LogP contribution in [0.2, 0.25) is 0 Å². The quantitative estimate of drug-likeness (QED) is 0.572. The fraction of sp³-hybridized carbons (Fsp3) is 0.357. The number of hydrogen-bond acceptors (Lipinski definition) is 6. The molecular formula is C14H20N6. The van der Waals surface area contributed by atoms with Crippen LogP contribution < -0.4 is 16.6 Å². The number of aromatic nitrogens is 3. The van der Waals surface area contributed by atoms with Crippen molar-refractivity contribution < 1.29 is 0 Å². The summed E-state index contributed by atoms with van der Waals surface area (Å²) in [5.74, 6) is 7.78. The van der Waals surface area contributed by atoms with E-state index in [1.807, 2.05) is 32.2 Å². The van der Waals surface area contributed by atoms with E-state index >= 15 is 0 Å². The van der Waals surface area contributed by atoms with Gasteiger partial charge in [0.15, 0.2) is 0 Å². The molecule has 0 radical (unpaired) electrons. The van der Waals surface area contributed by atoms with E-state index in [0.717, 1.165) is 17.2 Å². The van der Waals surface area contributed by atoms with Gasteiger partial charge in [0, 0.05) is 24.4 Å². The lowest BCUT2D eigenvalue weighted by atomic mass is 10.1. The molecule has 106 valence electrons. The average molecular weight is 272 g/mol. The molecule has 0 saturated carbocycles. The standard InChI is InChI=1S/C14H20N6/c1-9(2)14-18-12(7-13(19-14)20-15)17-10(3)11-5-4-6-16-8-11/h4-10H,15H2,1-3H3,(H2,17,18,19,20). The van der Waals surface area contributed by atoms with Gasteiger partial charge in [-0.2, -0.15) is 0 Å². The van der Waals surface area contributed by atoms with E-state index in [1.165, 1.54) is 0 Å². The summed E-state index contributed by atoms with van der Waals surface area (Å²) in [6, 6.07) is 5.83. The number of nitrogens with two attached hydrogens (primary N) is 1. The van der Waals surface area contributed by atoms with Crippen LogP contribution in [0.15, 0.2) is 30.6 Å². The second-order valence-corrected chi connectivity index (χ2v) is 4.95. The Morgan fingerprint density at radius 1 is 1.15 bits per heavy atom. The minimum Gasteiger partial charge on any atom is -0.363 e. The summed E-state index contributed by atoms with van der Waals surface area (Å²) in [6.45, 7) is 6.15.